The molecule has 6 heteroatoms. The van der Waals surface area contributed by atoms with Crippen LogP contribution in [0.15, 0.2) is 54.7 Å². The summed E-state index contributed by atoms with van der Waals surface area (Å²) in [5, 5.41) is 10.5. The minimum Gasteiger partial charge on any atom is -0.352 e. The molecule has 6 nitrogen and oxygen atoms in total. The molecule has 0 radical (unpaired) electrons. The highest BCUT2D eigenvalue weighted by Crippen LogP contribution is 2.49. The maximum atomic E-state index is 12.9. The molecule has 2 aliphatic carbocycles. The number of anilines is 1. The second kappa shape index (κ2) is 8.50. The van der Waals surface area contributed by atoms with E-state index in [4.69, 9.17) is 0 Å². The molecule has 2 N–H and O–H groups in total. The number of carbonyl (C=O) groups is 2. The molecule has 0 aliphatic heterocycles. The van der Waals surface area contributed by atoms with Crippen molar-refractivity contribution < 1.29 is 9.59 Å². The number of nitrogens with zero attached hydrogens (tertiary/aromatic N) is 2. The summed E-state index contributed by atoms with van der Waals surface area (Å²) in [6.07, 6.45) is 3.60. The van der Waals surface area contributed by atoms with Gasteiger partial charge in [-0.05, 0) is 60.8 Å². The van der Waals surface area contributed by atoms with E-state index in [0.29, 0.717) is 18.3 Å². The Balaban J connectivity index is 1.18. The predicted molar refractivity (Wildman–Crippen MR) is 128 cm³/mol. The van der Waals surface area contributed by atoms with Crippen molar-refractivity contribution in [3.8, 4) is 0 Å². The van der Waals surface area contributed by atoms with Crippen LogP contribution in [0.4, 0.5) is 5.82 Å². The minimum atomic E-state index is -0.0307. The Hall–Kier alpha value is -3.41. The van der Waals surface area contributed by atoms with Crippen LogP contribution in [-0.2, 0) is 23.2 Å². The lowest BCUT2D eigenvalue weighted by Crippen LogP contribution is -2.25. The van der Waals surface area contributed by atoms with E-state index in [0.717, 1.165) is 18.4 Å². The molecule has 170 valence electrons. The third kappa shape index (κ3) is 4.42. The van der Waals surface area contributed by atoms with E-state index in [1.54, 1.807) is 4.68 Å². The summed E-state index contributed by atoms with van der Waals surface area (Å²) >= 11 is 0. The Kier molecular flexibility index (Phi) is 5.52. The van der Waals surface area contributed by atoms with Crippen LogP contribution in [0.3, 0.4) is 0 Å². The van der Waals surface area contributed by atoms with Gasteiger partial charge in [0.1, 0.15) is 0 Å². The Morgan fingerprint density at radius 3 is 2.03 bits per heavy atom. The number of hydrogen-bond acceptors (Lipinski definition) is 3. The van der Waals surface area contributed by atoms with Crippen molar-refractivity contribution in [2.45, 2.75) is 45.1 Å². The van der Waals surface area contributed by atoms with E-state index >= 15 is 0 Å². The quantitative estimate of drug-likeness (QED) is 0.576. The molecular formula is C27H30N4O2. The number of rotatable bonds is 7. The molecule has 2 saturated carbocycles. The zero-order valence-electron chi connectivity index (χ0n) is 19.3. The smallest absolute Gasteiger partial charge is 0.229 e. The molecule has 4 unspecified atom stereocenters. The van der Waals surface area contributed by atoms with Gasteiger partial charge in [0.2, 0.25) is 11.8 Å². The SMILES string of the molecule is Cc1ccccc1C1CC1C(=O)NCc1cn(C)nc1NC(=O)C1CC1c1ccccc1C. The summed E-state index contributed by atoms with van der Waals surface area (Å²) in [6.45, 7) is 4.54. The fourth-order valence-electron chi connectivity index (χ4n) is 4.96. The molecule has 0 bridgehead atoms. The van der Waals surface area contributed by atoms with Gasteiger partial charge in [0.15, 0.2) is 5.82 Å². The monoisotopic (exact) mass is 442 g/mol. The lowest BCUT2D eigenvalue weighted by Gasteiger charge is -2.08. The molecule has 5 rings (SSSR count). The molecule has 0 spiro atoms. The van der Waals surface area contributed by atoms with Crippen LogP contribution >= 0.6 is 0 Å². The van der Waals surface area contributed by atoms with Crippen LogP contribution in [0.25, 0.3) is 0 Å². The first-order valence-electron chi connectivity index (χ1n) is 11.6. The van der Waals surface area contributed by atoms with Crippen LogP contribution in [0, 0.1) is 25.7 Å². The summed E-state index contributed by atoms with van der Waals surface area (Å²) < 4.78 is 1.68. The van der Waals surface area contributed by atoms with E-state index in [1.165, 1.54) is 22.3 Å². The van der Waals surface area contributed by atoms with E-state index in [1.807, 2.05) is 37.5 Å². The minimum absolute atomic E-state index is 0.00339. The number of benzene rings is 2. The number of hydrogen-bond donors (Lipinski definition) is 2. The normalized spacial score (nSPS) is 23.1. The van der Waals surface area contributed by atoms with E-state index < -0.39 is 0 Å². The number of nitrogens with one attached hydrogen (secondary N) is 2. The van der Waals surface area contributed by atoms with Gasteiger partial charge < -0.3 is 10.6 Å². The van der Waals surface area contributed by atoms with Gasteiger partial charge in [-0.1, -0.05) is 48.5 Å². The Bertz CT molecular complexity index is 1210. The van der Waals surface area contributed by atoms with Crippen LogP contribution in [-0.4, -0.2) is 21.6 Å². The zero-order chi connectivity index (χ0) is 23.1. The standard InChI is InChI=1S/C27H30N4O2/c1-16-8-4-6-10-19(16)21-12-23(21)26(32)28-14-18-15-31(3)30-25(18)29-27(33)24-13-22(24)20-11-7-5-9-17(20)2/h4-11,15,21-24H,12-14H2,1-3H3,(H,28,32)(H,29,30,33). The highest BCUT2D eigenvalue weighted by Gasteiger charge is 2.45. The molecule has 2 aromatic carbocycles. The highest BCUT2D eigenvalue weighted by atomic mass is 16.2. The molecule has 1 aromatic heterocycles. The van der Waals surface area contributed by atoms with Gasteiger partial charge in [0, 0.05) is 37.2 Å². The first-order chi connectivity index (χ1) is 15.9. The van der Waals surface area contributed by atoms with Gasteiger partial charge in [0.25, 0.3) is 0 Å². The third-order valence-electron chi connectivity index (χ3n) is 7.03. The molecule has 2 amide bonds. The summed E-state index contributed by atoms with van der Waals surface area (Å²) in [7, 11) is 1.82. The van der Waals surface area contributed by atoms with Gasteiger partial charge in [0.05, 0.1) is 0 Å². The van der Waals surface area contributed by atoms with Gasteiger partial charge in [-0.3, -0.25) is 14.3 Å². The first kappa shape index (κ1) is 21.4. The maximum absolute atomic E-state index is 12.9. The molecule has 3 aromatic rings. The Labute approximate surface area is 194 Å². The zero-order valence-corrected chi connectivity index (χ0v) is 19.3. The van der Waals surface area contributed by atoms with Crippen molar-refractivity contribution in [3.05, 3.63) is 82.5 Å². The van der Waals surface area contributed by atoms with E-state index in [-0.39, 0.29) is 29.6 Å². The third-order valence-corrected chi connectivity index (χ3v) is 7.03. The highest BCUT2D eigenvalue weighted by molar-refractivity contribution is 5.95. The summed E-state index contributed by atoms with van der Waals surface area (Å²) in [4.78, 5) is 25.6. The van der Waals surface area contributed by atoms with Gasteiger partial charge in [-0.15, -0.1) is 0 Å². The fourth-order valence-corrected chi connectivity index (χ4v) is 4.96. The van der Waals surface area contributed by atoms with Crippen molar-refractivity contribution in [1.29, 1.82) is 0 Å². The average molecular weight is 443 g/mol. The second-order valence-electron chi connectivity index (χ2n) is 9.49. The first-order valence-corrected chi connectivity index (χ1v) is 11.6. The van der Waals surface area contributed by atoms with Crippen molar-refractivity contribution in [2.75, 3.05) is 5.32 Å². The van der Waals surface area contributed by atoms with E-state index in [9.17, 15) is 9.59 Å². The largest absolute Gasteiger partial charge is 0.352 e. The van der Waals surface area contributed by atoms with Crippen molar-refractivity contribution in [2.24, 2.45) is 18.9 Å². The molecular weight excluding hydrogens is 412 g/mol. The summed E-state index contributed by atoms with van der Waals surface area (Å²) in [6, 6.07) is 16.5. The maximum Gasteiger partial charge on any atom is 0.229 e. The molecule has 33 heavy (non-hydrogen) atoms. The average Bonchev–Trinajstić information content (AvgIpc) is 3.70. The number of carbonyl (C=O) groups excluding carboxylic acids is 2. The van der Waals surface area contributed by atoms with Gasteiger partial charge >= 0.3 is 0 Å². The van der Waals surface area contributed by atoms with Crippen LogP contribution in [0.1, 0.15) is 52.5 Å². The van der Waals surface area contributed by atoms with Crippen molar-refractivity contribution >= 4 is 17.6 Å². The molecule has 2 aliphatic rings. The van der Waals surface area contributed by atoms with Crippen LogP contribution in [0.2, 0.25) is 0 Å². The lowest BCUT2D eigenvalue weighted by atomic mass is 10.0. The van der Waals surface area contributed by atoms with E-state index in [2.05, 4.69) is 53.8 Å². The van der Waals surface area contributed by atoms with Crippen molar-refractivity contribution in [1.82, 2.24) is 15.1 Å². The van der Waals surface area contributed by atoms with Crippen LogP contribution in [0.5, 0.6) is 0 Å². The lowest BCUT2D eigenvalue weighted by molar-refractivity contribution is -0.122. The second-order valence-corrected chi connectivity index (χ2v) is 9.49. The summed E-state index contributed by atoms with van der Waals surface area (Å²) in [5.41, 5.74) is 5.79. The van der Waals surface area contributed by atoms with Crippen molar-refractivity contribution in [3.63, 3.8) is 0 Å². The predicted octanol–water partition coefficient (Wildman–Crippen LogP) is 4.20. The number of amides is 2. The fraction of sp³-hybridized carbons (Fsp3) is 0.370. The number of aryl methyl sites for hydroxylation is 3. The number of aromatic nitrogens is 2. The molecule has 0 saturated heterocycles. The van der Waals surface area contributed by atoms with Gasteiger partial charge in [-0.25, -0.2) is 0 Å². The topological polar surface area (TPSA) is 76.0 Å². The Morgan fingerprint density at radius 1 is 0.909 bits per heavy atom. The van der Waals surface area contributed by atoms with Crippen LogP contribution < -0.4 is 10.6 Å². The summed E-state index contributed by atoms with van der Waals surface area (Å²) in [5.74, 6) is 1.14. The Morgan fingerprint density at radius 2 is 1.45 bits per heavy atom. The molecule has 2 fully saturated rings. The molecule has 1 heterocycles. The molecule has 4 atom stereocenters. The van der Waals surface area contributed by atoms with Gasteiger partial charge in [-0.2, -0.15) is 5.10 Å².